The van der Waals surface area contributed by atoms with Gasteiger partial charge in [-0.1, -0.05) is 30.3 Å². The van der Waals surface area contributed by atoms with Crippen LogP contribution in [-0.4, -0.2) is 4.98 Å². The fourth-order valence-electron chi connectivity index (χ4n) is 2.10. The summed E-state index contributed by atoms with van der Waals surface area (Å²) in [6.45, 7) is 0. The van der Waals surface area contributed by atoms with Crippen LogP contribution in [-0.2, 0) is 6.42 Å². The first-order chi connectivity index (χ1) is 8.38. The number of para-hydroxylation sites is 1. The van der Waals surface area contributed by atoms with Crippen molar-refractivity contribution in [3.05, 3.63) is 54.1 Å². The molecule has 1 aromatic heterocycles. The maximum atomic E-state index is 8.82. The third-order valence-corrected chi connectivity index (χ3v) is 2.92. The van der Waals surface area contributed by atoms with Gasteiger partial charge in [0.25, 0.3) is 0 Å². The van der Waals surface area contributed by atoms with Gasteiger partial charge in [0.05, 0.1) is 23.5 Å². The van der Waals surface area contributed by atoms with Crippen LogP contribution in [0.3, 0.4) is 0 Å². The Morgan fingerprint density at radius 3 is 2.71 bits per heavy atom. The number of fused-ring (bicyclic) bond motifs is 2. The molecule has 0 bridgehead atoms. The molecule has 0 N–H and O–H groups in total. The van der Waals surface area contributed by atoms with Crippen molar-refractivity contribution in [1.29, 1.82) is 5.26 Å². The van der Waals surface area contributed by atoms with Gasteiger partial charge < -0.3 is 0 Å². The maximum Gasteiger partial charge on any atom is 0.0712 e. The second-order valence-corrected chi connectivity index (χ2v) is 4.00. The molecule has 2 heteroatoms. The zero-order valence-corrected chi connectivity index (χ0v) is 9.22. The summed E-state index contributed by atoms with van der Waals surface area (Å²) in [6, 6.07) is 18.3. The number of aromatic nitrogens is 1. The SMILES string of the molecule is N#CCc1cccc2nc3ccccc3cc12. The van der Waals surface area contributed by atoms with Gasteiger partial charge in [-0.3, -0.25) is 0 Å². The molecule has 2 aromatic carbocycles. The Morgan fingerprint density at radius 1 is 1.00 bits per heavy atom. The number of pyridine rings is 1. The molecule has 0 aliphatic carbocycles. The highest BCUT2D eigenvalue weighted by Crippen LogP contribution is 2.22. The third-order valence-electron chi connectivity index (χ3n) is 2.92. The van der Waals surface area contributed by atoms with Crippen LogP contribution < -0.4 is 0 Å². The molecular weight excluding hydrogens is 208 g/mol. The summed E-state index contributed by atoms with van der Waals surface area (Å²) in [7, 11) is 0. The van der Waals surface area contributed by atoms with E-state index in [1.165, 1.54) is 0 Å². The van der Waals surface area contributed by atoms with E-state index >= 15 is 0 Å². The standard InChI is InChI=1S/C15H10N2/c16-9-8-11-5-3-7-15-13(11)10-12-4-1-2-6-14(12)17-15/h1-7,10H,8H2. The second-order valence-electron chi connectivity index (χ2n) is 4.00. The average Bonchev–Trinajstić information content (AvgIpc) is 2.37. The predicted octanol–water partition coefficient (Wildman–Crippen LogP) is 3.45. The van der Waals surface area contributed by atoms with Gasteiger partial charge in [-0.25, -0.2) is 4.98 Å². The summed E-state index contributed by atoms with van der Waals surface area (Å²) in [5.74, 6) is 0. The Hall–Kier alpha value is -2.40. The van der Waals surface area contributed by atoms with E-state index in [2.05, 4.69) is 17.1 Å². The van der Waals surface area contributed by atoms with E-state index in [1.54, 1.807) is 0 Å². The van der Waals surface area contributed by atoms with E-state index in [1.807, 2.05) is 42.5 Å². The lowest BCUT2D eigenvalue weighted by atomic mass is 10.0. The van der Waals surface area contributed by atoms with Gasteiger partial charge in [0.15, 0.2) is 0 Å². The van der Waals surface area contributed by atoms with Crippen molar-refractivity contribution < 1.29 is 0 Å². The molecule has 0 fully saturated rings. The first kappa shape index (κ1) is 9.80. The van der Waals surface area contributed by atoms with Gasteiger partial charge in [-0.05, 0) is 23.8 Å². The number of hydrogen-bond donors (Lipinski definition) is 0. The molecule has 0 aliphatic heterocycles. The molecule has 0 spiro atoms. The van der Waals surface area contributed by atoms with Gasteiger partial charge >= 0.3 is 0 Å². The zero-order chi connectivity index (χ0) is 11.7. The highest BCUT2D eigenvalue weighted by atomic mass is 14.7. The number of rotatable bonds is 1. The number of nitriles is 1. The van der Waals surface area contributed by atoms with Crippen LogP contribution in [0.4, 0.5) is 0 Å². The summed E-state index contributed by atoms with van der Waals surface area (Å²) in [4.78, 5) is 4.61. The van der Waals surface area contributed by atoms with Crippen molar-refractivity contribution in [3.63, 3.8) is 0 Å². The van der Waals surface area contributed by atoms with Crippen LogP contribution >= 0.6 is 0 Å². The molecular formula is C15H10N2. The zero-order valence-electron chi connectivity index (χ0n) is 9.22. The lowest BCUT2D eigenvalue weighted by Crippen LogP contribution is -1.88. The molecule has 0 aliphatic rings. The van der Waals surface area contributed by atoms with Crippen molar-refractivity contribution >= 4 is 21.8 Å². The Bertz CT molecular complexity index is 739. The summed E-state index contributed by atoms with van der Waals surface area (Å²) in [5, 5.41) is 11.0. The van der Waals surface area contributed by atoms with Crippen LogP contribution in [0.1, 0.15) is 5.56 Å². The van der Waals surface area contributed by atoms with Gasteiger partial charge in [0, 0.05) is 10.8 Å². The van der Waals surface area contributed by atoms with Gasteiger partial charge in [-0.15, -0.1) is 0 Å². The topological polar surface area (TPSA) is 36.7 Å². The number of hydrogen-bond acceptors (Lipinski definition) is 2. The quantitative estimate of drug-likeness (QED) is 0.586. The van der Waals surface area contributed by atoms with Crippen molar-refractivity contribution in [3.8, 4) is 6.07 Å². The van der Waals surface area contributed by atoms with E-state index in [0.29, 0.717) is 6.42 Å². The fourth-order valence-corrected chi connectivity index (χ4v) is 2.10. The predicted molar refractivity (Wildman–Crippen MR) is 68.6 cm³/mol. The van der Waals surface area contributed by atoms with Crippen LogP contribution in [0.15, 0.2) is 48.5 Å². The first-order valence-corrected chi connectivity index (χ1v) is 5.53. The fraction of sp³-hybridized carbons (Fsp3) is 0.0667. The highest BCUT2D eigenvalue weighted by Gasteiger charge is 2.03. The maximum absolute atomic E-state index is 8.82. The van der Waals surface area contributed by atoms with Crippen LogP contribution in [0, 0.1) is 11.3 Å². The van der Waals surface area contributed by atoms with E-state index in [-0.39, 0.29) is 0 Å². The van der Waals surface area contributed by atoms with E-state index in [9.17, 15) is 0 Å². The largest absolute Gasteiger partial charge is 0.248 e. The number of benzene rings is 2. The molecule has 0 unspecified atom stereocenters. The van der Waals surface area contributed by atoms with Crippen molar-refractivity contribution in [2.45, 2.75) is 6.42 Å². The molecule has 0 amide bonds. The molecule has 3 aromatic rings. The minimum absolute atomic E-state index is 0.428. The molecule has 0 radical (unpaired) electrons. The molecule has 17 heavy (non-hydrogen) atoms. The first-order valence-electron chi connectivity index (χ1n) is 5.53. The van der Waals surface area contributed by atoms with Crippen LogP contribution in [0.25, 0.3) is 21.8 Å². The molecule has 2 nitrogen and oxygen atoms in total. The summed E-state index contributed by atoms with van der Waals surface area (Å²) in [6.07, 6.45) is 0.428. The second kappa shape index (κ2) is 3.88. The van der Waals surface area contributed by atoms with Gasteiger partial charge in [-0.2, -0.15) is 5.26 Å². The molecule has 80 valence electrons. The van der Waals surface area contributed by atoms with Crippen LogP contribution in [0.5, 0.6) is 0 Å². The van der Waals surface area contributed by atoms with E-state index < -0.39 is 0 Å². The molecule has 3 rings (SSSR count). The highest BCUT2D eigenvalue weighted by molar-refractivity contribution is 5.94. The van der Waals surface area contributed by atoms with Gasteiger partial charge in [0.1, 0.15) is 0 Å². The molecule has 0 saturated carbocycles. The smallest absolute Gasteiger partial charge is 0.0712 e. The lowest BCUT2D eigenvalue weighted by Gasteiger charge is -2.04. The summed E-state index contributed by atoms with van der Waals surface area (Å²) < 4.78 is 0. The van der Waals surface area contributed by atoms with Crippen molar-refractivity contribution in [2.24, 2.45) is 0 Å². The molecule has 0 saturated heterocycles. The third kappa shape index (κ3) is 1.62. The van der Waals surface area contributed by atoms with E-state index in [0.717, 1.165) is 27.4 Å². The van der Waals surface area contributed by atoms with Gasteiger partial charge in [0.2, 0.25) is 0 Å². The molecule has 1 heterocycles. The van der Waals surface area contributed by atoms with Crippen molar-refractivity contribution in [1.82, 2.24) is 4.98 Å². The normalized spacial score (nSPS) is 10.5. The Morgan fingerprint density at radius 2 is 1.82 bits per heavy atom. The minimum Gasteiger partial charge on any atom is -0.248 e. The summed E-state index contributed by atoms with van der Waals surface area (Å²) >= 11 is 0. The van der Waals surface area contributed by atoms with Crippen molar-refractivity contribution in [2.75, 3.05) is 0 Å². The van der Waals surface area contributed by atoms with Crippen LogP contribution in [0.2, 0.25) is 0 Å². The monoisotopic (exact) mass is 218 g/mol. The Labute approximate surface area is 99.1 Å². The molecule has 0 atom stereocenters. The minimum atomic E-state index is 0.428. The lowest BCUT2D eigenvalue weighted by molar-refractivity contribution is 1.28. The Kier molecular flexibility index (Phi) is 2.23. The number of nitrogens with zero attached hydrogens (tertiary/aromatic N) is 2. The summed E-state index contributed by atoms with van der Waals surface area (Å²) in [5.41, 5.74) is 2.99. The Balaban J connectivity index is 2.40. The average molecular weight is 218 g/mol. The van der Waals surface area contributed by atoms with E-state index in [4.69, 9.17) is 5.26 Å².